The van der Waals surface area contributed by atoms with E-state index in [9.17, 15) is 0 Å². The van der Waals surface area contributed by atoms with Crippen LogP contribution < -0.4 is 10.6 Å². The molecule has 0 bridgehead atoms. The quantitative estimate of drug-likeness (QED) is 0.944. The van der Waals surface area contributed by atoms with E-state index in [2.05, 4.69) is 50.4 Å². The second-order valence-corrected chi connectivity index (χ2v) is 5.71. The van der Waals surface area contributed by atoms with Crippen LogP contribution in [0.5, 0.6) is 0 Å². The Morgan fingerprint density at radius 2 is 2.29 bits per heavy atom. The molecule has 90 valence electrons. The normalized spacial score (nSPS) is 10.5. The van der Waals surface area contributed by atoms with Crippen LogP contribution in [0, 0.1) is 0 Å². The van der Waals surface area contributed by atoms with Crippen LogP contribution in [-0.4, -0.2) is 12.0 Å². The summed E-state index contributed by atoms with van der Waals surface area (Å²) in [6.45, 7) is 1.38. The van der Waals surface area contributed by atoms with Crippen LogP contribution >= 0.6 is 27.3 Å². The third-order valence-electron chi connectivity index (χ3n) is 2.47. The largest absolute Gasteiger partial charge is 0.368 e. The Morgan fingerprint density at radius 3 is 2.82 bits per heavy atom. The smallest absolute Gasteiger partial charge is 0.0553 e. The summed E-state index contributed by atoms with van der Waals surface area (Å²) in [5, 5.41) is 2.10. The zero-order valence-electron chi connectivity index (χ0n) is 9.56. The van der Waals surface area contributed by atoms with E-state index in [4.69, 9.17) is 5.73 Å². The molecule has 0 aromatic carbocycles. The molecule has 0 atom stereocenters. The molecular weight excluding hydrogens is 298 g/mol. The minimum Gasteiger partial charge on any atom is -0.368 e. The van der Waals surface area contributed by atoms with E-state index >= 15 is 0 Å². The average molecular weight is 312 g/mol. The van der Waals surface area contributed by atoms with Crippen LogP contribution in [0.15, 0.2) is 34.2 Å². The van der Waals surface area contributed by atoms with Gasteiger partial charge in [0.25, 0.3) is 0 Å². The van der Waals surface area contributed by atoms with E-state index in [0.29, 0.717) is 6.54 Å². The van der Waals surface area contributed by atoms with Gasteiger partial charge in [0, 0.05) is 28.3 Å². The molecule has 17 heavy (non-hydrogen) atoms. The number of aromatic nitrogens is 1. The molecule has 0 radical (unpaired) electrons. The summed E-state index contributed by atoms with van der Waals surface area (Å²) >= 11 is 5.21. The van der Waals surface area contributed by atoms with Crippen molar-refractivity contribution in [1.82, 2.24) is 4.98 Å². The van der Waals surface area contributed by atoms with Gasteiger partial charge >= 0.3 is 0 Å². The van der Waals surface area contributed by atoms with E-state index < -0.39 is 0 Å². The maximum absolute atomic E-state index is 5.52. The van der Waals surface area contributed by atoms with E-state index in [1.54, 1.807) is 11.3 Å². The molecule has 0 saturated heterocycles. The summed E-state index contributed by atoms with van der Waals surface area (Å²) in [6.07, 6.45) is 1.87. The predicted octanol–water partition coefficient (Wildman–Crippen LogP) is 3.00. The predicted molar refractivity (Wildman–Crippen MR) is 76.3 cm³/mol. The second kappa shape index (κ2) is 5.62. The number of nitrogens with two attached hydrogens (primary N) is 1. The van der Waals surface area contributed by atoms with Gasteiger partial charge in [0.2, 0.25) is 0 Å². The average Bonchev–Trinajstić information content (AvgIpc) is 2.75. The molecule has 0 unspecified atom stereocenters. The van der Waals surface area contributed by atoms with Crippen LogP contribution in [0.2, 0.25) is 0 Å². The van der Waals surface area contributed by atoms with Crippen LogP contribution in [-0.2, 0) is 13.1 Å². The fourth-order valence-electron chi connectivity index (χ4n) is 1.53. The summed E-state index contributed by atoms with van der Waals surface area (Å²) in [4.78, 5) is 7.79. The highest BCUT2D eigenvalue weighted by Gasteiger charge is 2.04. The van der Waals surface area contributed by atoms with Crippen LogP contribution in [0.4, 0.5) is 5.69 Å². The molecule has 0 fully saturated rings. The van der Waals surface area contributed by atoms with Crippen LogP contribution in [0.25, 0.3) is 0 Å². The number of hydrogen-bond acceptors (Lipinski definition) is 4. The molecule has 0 aliphatic carbocycles. The maximum atomic E-state index is 5.52. The lowest BCUT2D eigenvalue weighted by molar-refractivity contribution is 0.921. The van der Waals surface area contributed by atoms with Gasteiger partial charge in [-0.3, -0.25) is 4.98 Å². The Morgan fingerprint density at radius 1 is 1.47 bits per heavy atom. The highest BCUT2D eigenvalue weighted by atomic mass is 79.9. The van der Waals surface area contributed by atoms with Gasteiger partial charge in [0.15, 0.2) is 0 Å². The lowest BCUT2D eigenvalue weighted by Gasteiger charge is -2.18. The minimum absolute atomic E-state index is 0.488. The topological polar surface area (TPSA) is 42.1 Å². The molecule has 2 aromatic heterocycles. The molecule has 0 saturated carbocycles. The number of nitrogens with zero attached hydrogens (tertiary/aromatic N) is 2. The van der Waals surface area contributed by atoms with E-state index in [0.717, 1.165) is 22.4 Å². The van der Waals surface area contributed by atoms with Crippen molar-refractivity contribution in [3.8, 4) is 0 Å². The van der Waals surface area contributed by atoms with Crippen molar-refractivity contribution < 1.29 is 0 Å². The third-order valence-corrected chi connectivity index (χ3v) is 4.16. The number of rotatable bonds is 4. The number of anilines is 1. The zero-order chi connectivity index (χ0) is 12.3. The highest BCUT2D eigenvalue weighted by Crippen LogP contribution is 2.22. The van der Waals surface area contributed by atoms with Gasteiger partial charge in [0.05, 0.1) is 24.1 Å². The lowest BCUT2D eigenvalue weighted by atomic mass is 10.3. The van der Waals surface area contributed by atoms with Gasteiger partial charge in [-0.05, 0) is 34.1 Å². The van der Waals surface area contributed by atoms with Gasteiger partial charge in [0.1, 0.15) is 0 Å². The van der Waals surface area contributed by atoms with Crippen molar-refractivity contribution in [2.75, 3.05) is 11.9 Å². The fourth-order valence-corrected chi connectivity index (χ4v) is 3.03. The van der Waals surface area contributed by atoms with Gasteiger partial charge in [-0.15, -0.1) is 11.3 Å². The first-order valence-electron chi connectivity index (χ1n) is 5.28. The molecule has 0 spiro atoms. The van der Waals surface area contributed by atoms with E-state index in [1.165, 1.54) is 4.88 Å². The maximum Gasteiger partial charge on any atom is 0.0553 e. The Bertz CT molecular complexity index is 481. The zero-order valence-corrected chi connectivity index (χ0v) is 12.0. The Kier molecular flexibility index (Phi) is 4.15. The molecule has 2 heterocycles. The number of halogens is 1. The van der Waals surface area contributed by atoms with Crippen molar-refractivity contribution in [2.45, 2.75) is 13.1 Å². The summed E-state index contributed by atoms with van der Waals surface area (Å²) < 4.78 is 1.14. The molecule has 2 aromatic rings. The van der Waals surface area contributed by atoms with Crippen molar-refractivity contribution in [1.29, 1.82) is 0 Å². The molecule has 0 aliphatic heterocycles. The molecule has 0 aliphatic rings. The number of pyridine rings is 1. The fraction of sp³-hybridized carbons (Fsp3) is 0.250. The van der Waals surface area contributed by atoms with E-state index in [1.807, 2.05) is 12.3 Å². The van der Waals surface area contributed by atoms with Crippen molar-refractivity contribution in [3.05, 3.63) is 44.8 Å². The van der Waals surface area contributed by atoms with Gasteiger partial charge in [-0.2, -0.15) is 0 Å². The molecular formula is C12H14BrN3S. The van der Waals surface area contributed by atoms with E-state index in [-0.39, 0.29) is 0 Å². The number of hydrogen-bond donors (Lipinski definition) is 1. The third kappa shape index (κ3) is 3.28. The molecule has 2 rings (SSSR count). The first-order chi connectivity index (χ1) is 8.19. The minimum atomic E-state index is 0.488. The van der Waals surface area contributed by atoms with Crippen molar-refractivity contribution in [2.24, 2.45) is 5.73 Å². The number of thiophene rings is 1. The lowest BCUT2D eigenvalue weighted by Crippen LogP contribution is -2.16. The van der Waals surface area contributed by atoms with Crippen LogP contribution in [0.3, 0.4) is 0 Å². The highest BCUT2D eigenvalue weighted by molar-refractivity contribution is 9.10. The summed E-state index contributed by atoms with van der Waals surface area (Å²) in [6, 6.07) is 6.16. The van der Waals surface area contributed by atoms with Gasteiger partial charge < -0.3 is 10.6 Å². The Hall–Kier alpha value is -0.910. The SMILES string of the molecule is CN(Cc1cc(Br)cs1)c1ccc(CN)nc1. The monoisotopic (exact) mass is 311 g/mol. The molecule has 3 nitrogen and oxygen atoms in total. The van der Waals surface area contributed by atoms with Crippen LogP contribution in [0.1, 0.15) is 10.6 Å². The molecule has 0 amide bonds. The molecule has 2 N–H and O–H groups in total. The van der Waals surface area contributed by atoms with Crippen molar-refractivity contribution in [3.63, 3.8) is 0 Å². The van der Waals surface area contributed by atoms with Crippen molar-refractivity contribution >= 4 is 33.0 Å². The standard InChI is InChI=1S/C12H14BrN3S/c1-16(7-12-4-9(13)8-17-12)11-3-2-10(5-14)15-6-11/h2-4,6,8H,5,7,14H2,1H3. The second-order valence-electron chi connectivity index (χ2n) is 3.80. The Balaban J connectivity index is 2.06. The first kappa shape index (κ1) is 12.5. The van der Waals surface area contributed by atoms with Gasteiger partial charge in [-0.1, -0.05) is 0 Å². The molecule has 5 heteroatoms. The Labute approximate surface area is 113 Å². The van der Waals surface area contributed by atoms with Gasteiger partial charge in [-0.25, -0.2) is 0 Å². The summed E-state index contributed by atoms with van der Waals surface area (Å²) in [5.41, 5.74) is 7.54. The summed E-state index contributed by atoms with van der Waals surface area (Å²) in [5.74, 6) is 0. The summed E-state index contributed by atoms with van der Waals surface area (Å²) in [7, 11) is 2.06. The first-order valence-corrected chi connectivity index (χ1v) is 6.95.